The Morgan fingerprint density at radius 3 is 2.48 bits per heavy atom. The van der Waals surface area contributed by atoms with Gasteiger partial charge in [0.05, 0.1) is 17.7 Å². The van der Waals surface area contributed by atoms with E-state index < -0.39 is 0 Å². The molecule has 0 saturated carbocycles. The van der Waals surface area contributed by atoms with Gasteiger partial charge in [-0.1, -0.05) is 66.5 Å². The van der Waals surface area contributed by atoms with Gasteiger partial charge in [0.2, 0.25) is 0 Å². The van der Waals surface area contributed by atoms with Crippen LogP contribution in [0.1, 0.15) is 16.9 Å². The van der Waals surface area contributed by atoms with E-state index in [2.05, 4.69) is 6.58 Å². The van der Waals surface area contributed by atoms with E-state index in [0.29, 0.717) is 40.5 Å². The summed E-state index contributed by atoms with van der Waals surface area (Å²) in [5, 5.41) is 0. The number of furan rings is 1. The van der Waals surface area contributed by atoms with E-state index in [1.807, 2.05) is 66.7 Å². The fourth-order valence-corrected chi connectivity index (χ4v) is 4.59. The summed E-state index contributed by atoms with van der Waals surface area (Å²) < 4.78 is 17.7. The van der Waals surface area contributed by atoms with E-state index >= 15 is 0 Å². The summed E-state index contributed by atoms with van der Waals surface area (Å²) in [6, 6.07) is 19.1. The molecule has 5 nitrogen and oxygen atoms in total. The first-order valence-corrected chi connectivity index (χ1v) is 11.7. The molecule has 3 aromatic rings. The summed E-state index contributed by atoms with van der Waals surface area (Å²) >= 11 is 6.69. The van der Waals surface area contributed by atoms with E-state index in [9.17, 15) is 4.79 Å². The van der Waals surface area contributed by atoms with Gasteiger partial charge in [-0.15, -0.1) is 6.58 Å². The van der Waals surface area contributed by atoms with Crippen LogP contribution >= 0.6 is 24.0 Å². The highest BCUT2D eigenvalue weighted by Gasteiger charge is 2.32. The molecular formula is C26H23NO4S2. The number of para-hydroxylation sites is 2. The molecule has 0 unspecified atom stereocenters. The van der Waals surface area contributed by atoms with Crippen LogP contribution in [-0.2, 0) is 17.8 Å². The van der Waals surface area contributed by atoms with Gasteiger partial charge in [0, 0.05) is 5.56 Å². The summed E-state index contributed by atoms with van der Waals surface area (Å²) in [4.78, 5) is 15.0. The molecular weight excluding hydrogens is 454 g/mol. The third kappa shape index (κ3) is 5.74. The van der Waals surface area contributed by atoms with Crippen molar-refractivity contribution in [1.29, 1.82) is 0 Å². The van der Waals surface area contributed by atoms with Crippen LogP contribution in [0, 0.1) is 0 Å². The predicted molar refractivity (Wildman–Crippen MR) is 135 cm³/mol. The number of benzene rings is 2. The van der Waals surface area contributed by atoms with Crippen molar-refractivity contribution >= 4 is 40.3 Å². The SMILES string of the molecule is C=CCc1ccccc1OCCOc1ccccc1/C=C1\SC(=S)N(Cc2ccco2)C1=O. The van der Waals surface area contributed by atoms with Crippen molar-refractivity contribution in [1.82, 2.24) is 4.90 Å². The summed E-state index contributed by atoms with van der Waals surface area (Å²) in [6.07, 6.45) is 6.00. The zero-order chi connectivity index (χ0) is 23.0. The number of rotatable bonds is 10. The quantitative estimate of drug-likeness (QED) is 0.158. The van der Waals surface area contributed by atoms with Gasteiger partial charge >= 0.3 is 0 Å². The van der Waals surface area contributed by atoms with Crippen molar-refractivity contribution in [2.45, 2.75) is 13.0 Å². The number of amides is 1. The molecule has 2 aromatic carbocycles. The average molecular weight is 478 g/mol. The number of allylic oxidation sites excluding steroid dienone is 1. The highest BCUT2D eigenvalue weighted by atomic mass is 32.2. The lowest BCUT2D eigenvalue weighted by atomic mass is 10.1. The van der Waals surface area contributed by atoms with Crippen LogP contribution < -0.4 is 9.47 Å². The number of ether oxygens (including phenoxy) is 2. The first-order chi connectivity index (χ1) is 16.2. The van der Waals surface area contributed by atoms with Crippen LogP contribution in [0.4, 0.5) is 0 Å². The number of hydrogen-bond donors (Lipinski definition) is 0. The molecule has 33 heavy (non-hydrogen) atoms. The van der Waals surface area contributed by atoms with Gasteiger partial charge in [-0.05, 0) is 42.3 Å². The standard InChI is InChI=1S/C26H23NO4S2/c1-2-8-19-9-3-5-12-22(19)30-15-16-31-23-13-6-4-10-20(23)17-24-25(28)27(26(32)33-24)18-21-11-7-14-29-21/h2-7,9-14,17H,1,8,15-16,18H2/b24-17-. The molecule has 0 bridgehead atoms. The Balaban J connectivity index is 1.39. The largest absolute Gasteiger partial charge is 0.490 e. The number of thioether (sulfide) groups is 1. The predicted octanol–water partition coefficient (Wildman–Crippen LogP) is 5.87. The second kappa shape index (κ2) is 11.0. The number of hydrogen-bond acceptors (Lipinski definition) is 6. The lowest BCUT2D eigenvalue weighted by Crippen LogP contribution is -2.27. The Hall–Kier alpha value is -3.29. The third-order valence-electron chi connectivity index (χ3n) is 4.91. The molecule has 0 aliphatic carbocycles. The molecule has 1 amide bonds. The number of carbonyl (C=O) groups excluding carboxylic acids is 1. The van der Waals surface area contributed by atoms with Crippen molar-refractivity contribution in [3.63, 3.8) is 0 Å². The maximum Gasteiger partial charge on any atom is 0.266 e. The van der Waals surface area contributed by atoms with Gasteiger partial charge < -0.3 is 13.9 Å². The minimum absolute atomic E-state index is 0.140. The molecule has 1 aliphatic rings. The van der Waals surface area contributed by atoms with E-state index in [4.69, 9.17) is 26.1 Å². The van der Waals surface area contributed by atoms with Crippen LogP contribution in [0.3, 0.4) is 0 Å². The van der Waals surface area contributed by atoms with Crippen molar-refractivity contribution < 1.29 is 18.7 Å². The molecule has 2 heterocycles. The molecule has 0 spiro atoms. The maximum absolute atomic E-state index is 12.9. The topological polar surface area (TPSA) is 51.9 Å². The summed E-state index contributed by atoms with van der Waals surface area (Å²) in [5.41, 5.74) is 1.90. The van der Waals surface area contributed by atoms with Crippen molar-refractivity contribution in [2.75, 3.05) is 13.2 Å². The van der Waals surface area contributed by atoms with Gasteiger partial charge in [-0.25, -0.2) is 0 Å². The normalized spacial score (nSPS) is 14.7. The molecule has 0 atom stereocenters. The van der Waals surface area contributed by atoms with E-state index in [0.717, 1.165) is 23.3 Å². The molecule has 1 aliphatic heterocycles. The van der Waals surface area contributed by atoms with E-state index in [1.165, 1.54) is 11.8 Å². The molecule has 0 N–H and O–H groups in total. The Morgan fingerprint density at radius 1 is 1.00 bits per heavy atom. The molecule has 1 aromatic heterocycles. The fraction of sp³-hybridized carbons (Fsp3) is 0.154. The summed E-state index contributed by atoms with van der Waals surface area (Å²) in [6.45, 7) is 4.87. The van der Waals surface area contributed by atoms with E-state index in [-0.39, 0.29) is 5.91 Å². The number of carbonyl (C=O) groups is 1. The van der Waals surface area contributed by atoms with Crippen LogP contribution in [0.5, 0.6) is 11.5 Å². The highest BCUT2D eigenvalue weighted by Crippen LogP contribution is 2.35. The van der Waals surface area contributed by atoms with E-state index in [1.54, 1.807) is 17.2 Å². The smallest absolute Gasteiger partial charge is 0.266 e. The van der Waals surface area contributed by atoms with Crippen molar-refractivity contribution in [3.05, 3.63) is 101 Å². The minimum Gasteiger partial charge on any atom is -0.490 e. The second-order valence-corrected chi connectivity index (χ2v) is 8.86. The zero-order valence-electron chi connectivity index (χ0n) is 17.9. The fourth-order valence-electron chi connectivity index (χ4n) is 3.34. The average Bonchev–Trinajstić information content (AvgIpc) is 3.43. The van der Waals surface area contributed by atoms with Crippen molar-refractivity contribution in [3.8, 4) is 11.5 Å². The first-order valence-electron chi connectivity index (χ1n) is 10.5. The molecule has 1 fully saturated rings. The Kier molecular flexibility index (Phi) is 7.65. The summed E-state index contributed by atoms with van der Waals surface area (Å²) in [5.74, 6) is 2.05. The lowest BCUT2D eigenvalue weighted by Gasteiger charge is -2.13. The maximum atomic E-state index is 12.9. The Bertz CT molecular complexity index is 1170. The zero-order valence-corrected chi connectivity index (χ0v) is 19.6. The number of nitrogens with zero attached hydrogens (tertiary/aromatic N) is 1. The highest BCUT2D eigenvalue weighted by molar-refractivity contribution is 8.26. The minimum atomic E-state index is -0.140. The van der Waals surface area contributed by atoms with Crippen LogP contribution in [0.2, 0.25) is 0 Å². The van der Waals surface area contributed by atoms with Gasteiger partial charge in [0.15, 0.2) is 0 Å². The van der Waals surface area contributed by atoms with Gasteiger partial charge in [-0.3, -0.25) is 9.69 Å². The molecule has 168 valence electrons. The summed E-state index contributed by atoms with van der Waals surface area (Å²) in [7, 11) is 0. The van der Waals surface area contributed by atoms with Crippen LogP contribution in [0.15, 0.2) is 88.9 Å². The van der Waals surface area contributed by atoms with Crippen molar-refractivity contribution in [2.24, 2.45) is 0 Å². The molecule has 4 rings (SSSR count). The molecule has 1 saturated heterocycles. The first kappa shape index (κ1) is 22.9. The Labute approximate surface area is 202 Å². The van der Waals surface area contributed by atoms with Crippen LogP contribution in [-0.4, -0.2) is 28.3 Å². The van der Waals surface area contributed by atoms with Gasteiger partial charge in [0.1, 0.15) is 34.8 Å². The molecule has 0 radical (unpaired) electrons. The van der Waals surface area contributed by atoms with Crippen LogP contribution in [0.25, 0.3) is 6.08 Å². The van der Waals surface area contributed by atoms with Gasteiger partial charge in [-0.2, -0.15) is 0 Å². The van der Waals surface area contributed by atoms with Gasteiger partial charge in [0.25, 0.3) is 5.91 Å². The molecule has 7 heteroatoms. The lowest BCUT2D eigenvalue weighted by molar-refractivity contribution is -0.122. The third-order valence-corrected chi connectivity index (χ3v) is 6.29. The monoisotopic (exact) mass is 477 g/mol. The number of thiocarbonyl (C=S) groups is 1. The second-order valence-electron chi connectivity index (χ2n) is 7.18. The Morgan fingerprint density at radius 2 is 1.73 bits per heavy atom.